The lowest BCUT2D eigenvalue weighted by Gasteiger charge is -2.33. The molecule has 4 rings (SSSR count). The van der Waals surface area contributed by atoms with Gasteiger partial charge in [0.25, 0.3) is 0 Å². The van der Waals surface area contributed by atoms with Gasteiger partial charge in [0, 0.05) is 43.7 Å². The highest BCUT2D eigenvalue weighted by molar-refractivity contribution is 5.79. The van der Waals surface area contributed by atoms with E-state index in [0.29, 0.717) is 42.0 Å². The zero-order valence-electron chi connectivity index (χ0n) is 21.9. The van der Waals surface area contributed by atoms with Crippen LogP contribution in [0.3, 0.4) is 0 Å². The minimum atomic E-state index is -0.0762. The van der Waals surface area contributed by atoms with Crippen molar-refractivity contribution in [3.63, 3.8) is 0 Å². The van der Waals surface area contributed by atoms with Crippen LogP contribution in [0.4, 0.5) is 17.5 Å². The molecule has 1 amide bonds. The second kappa shape index (κ2) is 12.3. The molecule has 37 heavy (non-hydrogen) atoms. The number of methoxy groups -OCH3 is 3. The molecule has 2 heterocycles. The maximum atomic E-state index is 12.9. The molecular weight excluding hydrogens is 470 g/mol. The molecule has 3 aromatic rings. The summed E-state index contributed by atoms with van der Waals surface area (Å²) < 4.78 is 16.3. The smallest absolute Gasteiger partial charge is 0.229 e. The number of carbonyl (C=O) groups is 1. The summed E-state index contributed by atoms with van der Waals surface area (Å²) in [5.41, 5.74) is 3.17. The van der Waals surface area contributed by atoms with E-state index in [1.807, 2.05) is 6.07 Å². The first-order valence-corrected chi connectivity index (χ1v) is 12.5. The highest BCUT2D eigenvalue weighted by Crippen LogP contribution is 2.40. The van der Waals surface area contributed by atoms with Crippen LogP contribution < -0.4 is 29.7 Å². The molecule has 0 bridgehead atoms. The average Bonchev–Trinajstić information content (AvgIpc) is 2.92. The number of aryl methyl sites for hydroxylation is 1. The van der Waals surface area contributed by atoms with E-state index in [9.17, 15) is 4.79 Å². The van der Waals surface area contributed by atoms with Gasteiger partial charge in [0.15, 0.2) is 11.5 Å². The molecule has 1 saturated heterocycles. The van der Waals surface area contributed by atoms with Gasteiger partial charge in [-0.15, -0.1) is 0 Å². The molecule has 196 valence electrons. The Morgan fingerprint density at radius 2 is 1.86 bits per heavy atom. The normalized spacial score (nSPS) is 15.1. The minimum absolute atomic E-state index is 0.0762. The van der Waals surface area contributed by atoms with Gasteiger partial charge in [-0.05, 0) is 37.8 Å². The van der Waals surface area contributed by atoms with Crippen LogP contribution in [-0.2, 0) is 11.2 Å². The first-order valence-electron chi connectivity index (χ1n) is 12.5. The lowest BCUT2D eigenvalue weighted by Crippen LogP contribution is -2.43. The van der Waals surface area contributed by atoms with E-state index in [-0.39, 0.29) is 11.8 Å². The molecule has 2 N–H and O–H groups in total. The molecule has 1 fully saturated rings. The molecule has 0 spiro atoms. The molecule has 1 aromatic heterocycles. The summed E-state index contributed by atoms with van der Waals surface area (Å²) in [6.45, 7) is 4.18. The third kappa shape index (κ3) is 6.61. The molecule has 9 heteroatoms. The maximum absolute atomic E-state index is 12.9. The van der Waals surface area contributed by atoms with E-state index in [1.165, 1.54) is 11.1 Å². The number of nitrogens with one attached hydrogen (secondary N) is 2. The summed E-state index contributed by atoms with van der Waals surface area (Å²) in [6.07, 6.45) is 4.34. The fourth-order valence-electron chi connectivity index (χ4n) is 4.61. The minimum Gasteiger partial charge on any atom is -0.493 e. The van der Waals surface area contributed by atoms with Crippen molar-refractivity contribution in [1.82, 2.24) is 15.3 Å². The number of hydrogen-bond acceptors (Lipinski definition) is 8. The standard InChI is InChI=1S/C28H35N5O4/c1-19-7-5-8-20(15-19)10-12-29-27(34)21-9-6-14-33(18-21)25-11-13-30-28(32-25)31-22-16-23(35-2)26(37-4)24(17-22)36-3/h5,7-8,11,13,15-17,21H,6,9-10,12,14,18H2,1-4H3,(H,29,34)(H,30,31,32)/t21-/m0/s1. The lowest BCUT2D eigenvalue weighted by atomic mass is 9.97. The fraction of sp³-hybridized carbons (Fsp3) is 0.393. The summed E-state index contributed by atoms with van der Waals surface area (Å²) in [4.78, 5) is 24.1. The number of amides is 1. The van der Waals surface area contributed by atoms with Crippen molar-refractivity contribution in [3.05, 3.63) is 59.8 Å². The summed E-state index contributed by atoms with van der Waals surface area (Å²) in [5, 5.41) is 6.34. The van der Waals surface area contributed by atoms with Crippen molar-refractivity contribution in [1.29, 1.82) is 0 Å². The summed E-state index contributed by atoms with van der Waals surface area (Å²) in [5.74, 6) is 2.83. The quantitative estimate of drug-likeness (QED) is 0.425. The van der Waals surface area contributed by atoms with Crippen LogP contribution in [0.2, 0.25) is 0 Å². The molecule has 0 unspecified atom stereocenters. The van der Waals surface area contributed by atoms with Gasteiger partial charge in [-0.1, -0.05) is 29.8 Å². The van der Waals surface area contributed by atoms with Gasteiger partial charge >= 0.3 is 0 Å². The third-order valence-electron chi connectivity index (χ3n) is 6.47. The first-order chi connectivity index (χ1) is 18.0. The molecule has 0 radical (unpaired) electrons. The Morgan fingerprint density at radius 3 is 2.57 bits per heavy atom. The fourth-order valence-corrected chi connectivity index (χ4v) is 4.61. The van der Waals surface area contributed by atoms with Crippen LogP contribution in [0.25, 0.3) is 0 Å². The van der Waals surface area contributed by atoms with Crippen LogP contribution in [0.1, 0.15) is 24.0 Å². The predicted molar refractivity (Wildman–Crippen MR) is 144 cm³/mol. The maximum Gasteiger partial charge on any atom is 0.229 e. The summed E-state index contributed by atoms with van der Waals surface area (Å²) in [7, 11) is 4.71. The monoisotopic (exact) mass is 505 g/mol. The van der Waals surface area contributed by atoms with Crippen molar-refractivity contribution in [2.75, 3.05) is 51.2 Å². The van der Waals surface area contributed by atoms with Gasteiger partial charge in [0.05, 0.1) is 27.2 Å². The van der Waals surface area contributed by atoms with Crippen LogP contribution in [0.15, 0.2) is 48.7 Å². The van der Waals surface area contributed by atoms with Crippen molar-refractivity contribution >= 4 is 23.4 Å². The van der Waals surface area contributed by atoms with E-state index in [2.05, 4.69) is 51.7 Å². The number of aromatic nitrogens is 2. The van der Waals surface area contributed by atoms with E-state index >= 15 is 0 Å². The zero-order valence-corrected chi connectivity index (χ0v) is 21.9. The number of ether oxygens (including phenoxy) is 3. The molecule has 1 atom stereocenters. The Balaban J connectivity index is 1.38. The Labute approximate surface area is 218 Å². The van der Waals surface area contributed by atoms with Gasteiger partial charge in [0.2, 0.25) is 17.6 Å². The Hall–Kier alpha value is -4.01. The molecule has 1 aliphatic rings. The highest BCUT2D eigenvalue weighted by atomic mass is 16.5. The summed E-state index contributed by atoms with van der Waals surface area (Å²) in [6, 6.07) is 13.9. The van der Waals surface area contributed by atoms with Crippen molar-refractivity contribution in [2.45, 2.75) is 26.2 Å². The Morgan fingerprint density at radius 1 is 1.08 bits per heavy atom. The van der Waals surface area contributed by atoms with E-state index in [4.69, 9.17) is 19.2 Å². The van der Waals surface area contributed by atoms with E-state index in [0.717, 1.165) is 31.6 Å². The second-order valence-corrected chi connectivity index (χ2v) is 9.09. The molecular formula is C28H35N5O4. The third-order valence-corrected chi connectivity index (χ3v) is 6.47. The molecule has 1 aliphatic heterocycles. The topological polar surface area (TPSA) is 97.8 Å². The van der Waals surface area contributed by atoms with Crippen molar-refractivity contribution in [2.24, 2.45) is 5.92 Å². The number of rotatable bonds is 10. The summed E-state index contributed by atoms with van der Waals surface area (Å²) >= 11 is 0. The number of benzene rings is 2. The average molecular weight is 506 g/mol. The molecule has 0 saturated carbocycles. The molecule has 2 aromatic carbocycles. The van der Waals surface area contributed by atoms with Gasteiger partial charge < -0.3 is 29.7 Å². The SMILES string of the molecule is COc1cc(Nc2nccc(N3CCC[C@H](C(=O)NCCc4cccc(C)c4)C3)n2)cc(OC)c1OC. The number of anilines is 3. The largest absolute Gasteiger partial charge is 0.493 e. The van der Waals surface area contributed by atoms with Gasteiger partial charge in [0.1, 0.15) is 5.82 Å². The second-order valence-electron chi connectivity index (χ2n) is 9.09. The van der Waals surface area contributed by atoms with E-state index < -0.39 is 0 Å². The van der Waals surface area contributed by atoms with E-state index in [1.54, 1.807) is 39.7 Å². The van der Waals surface area contributed by atoms with Crippen LogP contribution in [0, 0.1) is 12.8 Å². The highest BCUT2D eigenvalue weighted by Gasteiger charge is 2.26. The number of carbonyl (C=O) groups excluding carboxylic acids is 1. The Kier molecular flexibility index (Phi) is 8.66. The molecule has 9 nitrogen and oxygen atoms in total. The Bertz CT molecular complexity index is 1190. The van der Waals surface area contributed by atoms with Crippen LogP contribution in [-0.4, -0.2) is 56.8 Å². The number of piperidine rings is 1. The van der Waals surface area contributed by atoms with Gasteiger partial charge in [-0.2, -0.15) is 4.98 Å². The number of nitrogens with zero attached hydrogens (tertiary/aromatic N) is 3. The molecule has 0 aliphatic carbocycles. The predicted octanol–water partition coefficient (Wildman–Crippen LogP) is 4.13. The number of hydrogen-bond donors (Lipinski definition) is 2. The van der Waals surface area contributed by atoms with Crippen LogP contribution >= 0.6 is 0 Å². The van der Waals surface area contributed by atoms with Crippen molar-refractivity contribution in [3.8, 4) is 17.2 Å². The lowest BCUT2D eigenvalue weighted by molar-refractivity contribution is -0.125. The van der Waals surface area contributed by atoms with Gasteiger partial charge in [-0.3, -0.25) is 4.79 Å². The first kappa shape index (κ1) is 26.1. The van der Waals surface area contributed by atoms with Crippen LogP contribution in [0.5, 0.6) is 17.2 Å². The zero-order chi connectivity index (χ0) is 26.2. The van der Waals surface area contributed by atoms with Crippen molar-refractivity contribution < 1.29 is 19.0 Å². The van der Waals surface area contributed by atoms with Gasteiger partial charge in [-0.25, -0.2) is 4.98 Å².